The monoisotopic (exact) mass is 318 g/mol. The summed E-state index contributed by atoms with van der Waals surface area (Å²) in [4.78, 5) is 28.4. The molecule has 2 aromatic carbocycles. The first-order valence-corrected chi connectivity index (χ1v) is 7.67. The van der Waals surface area contributed by atoms with Gasteiger partial charge in [-0.3, -0.25) is 9.36 Å². The third-order valence-corrected chi connectivity index (χ3v) is 4.23. The number of nitrogens with zero attached hydrogens (tertiary/aromatic N) is 2. The lowest BCUT2D eigenvalue weighted by molar-refractivity contribution is 0.0697. The number of benzene rings is 2. The smallest absolute Gasteiger partial charge is 0.335 e. The Morgan fingerprint density at radius 3 is 2.71 bits per heavy atom. The summed E-state index contributed by atoms with van der Waals surface area (Å²) in [6, 6.07) is 14.3. The summed E-state index contributed by atoms with van der Waals surface area (Å²) in [6.07, 6.45) is 2.76. The highest BCUT2D eigenvalue weighted by Gasteiger charge is 2.21. The molecule has 0 unspecified atom stereocenters. The molecule has 1 aromatic heterocycles. The highest BCUT2D eigenvalue weighted by molar-refractivity contribution is 5.93. The molecule has 2 heterocycles. The number of carboxylic acids is 1. The molecule has 1 aliphatic rings. The van der Waals surface area contributed by atoms with Gasteiger partial charge in [-0.05, 0) is 41.8 Å². The molecule has 1 aliphatic heterocycles. The largest absolute Gasteiger partial charge is 0.478 e. The number of rotatable bonds is 2. The Kier molecular flexibility index (Phi) is 3.27. The molecule has 0 saturated heterocycles. The van der Waals surface area contributed by atoms with Crippen LogP contribution in [0.2, 0.25) is 0 Å². The molecule has 0 fully saturated rings. The normalized spacial score (nSPS) is 14.9. The fourth-order valence-corrected chi connectivity index (χ4v) is 3.04. The highest BCUT2D eigenvalue weighted by Crippen LogP contribution is 2.27. The quantitative estimate of drug-likeness (QED) is 0.788. The van der Waals surface area contributed by atoms with E-state index in [-0.39, 0.29) is 11.1 Å². The van der Waals surface area contributed by atoms with Gasteiger partial charge < -0.3 is 5.11 Å². The molecule has 0 atom stereocenters. The van der Waals surface area contributed by atoms with Crippen molar-refractivity contribution in [3.63, 3.8) is 0 Å². The molecule has 1 N–H and O–H groups in total. The number of carboxylic acid groups (broad SMARTS) is 1. The van der Waals surface area contributed by atoms with E-state index >= 15 is 0 Å². The molecule has 0 saturated carbocycles. The van der Waals surface area contributed by atoms with Crippen molar-refractivity contribution in [2.24, 2.45) is 0 Å². The summed E-state index contributed by atoms with van der Waals surface area (Å²) >= 11 is 0. The van der Waals surface area contributed by atoms with Crippen molar-refractivity contribution in [1.82, 2.24) is 9.55 Å². The van der Waals surface area contributed by atoms with Gasteiger partial charge in [0.25, 0.3) is 5.56 Å². The van der Waals surface area contributed by atoms with Gasteiger partial charge in [-0.25, -0.2) is 9.78 Å². The maximum absolute atomic E-state index is 12.6. The van der Waals surface area contributed by atoms with E-state index in [0.29, 0.717) is 23.3 Å². The Labute approximate surface area is 137 Å². The van der Waals surface area contributed by atoms with Crippen molar-refractivity contribution < 1.29 is 9.90 Å². The Hall–Kier alpha value is -3.21. The van der Waals surface area contributed by atoms with Crippen LogP contribution in [0.1, 0.15) is 28.2 Å². The summed E-state index contributed by atoms with van der Waals surface area (Å²) in [5, 5.41) is 9.58. The van der Waals surface area contributed by atoms with Gasteiger partial charge >= 0.3 is 5.97 Å². The van der Waals surface area contributed by atoms with Gasteiger partial charge in [0.1, 0.15) is 5.82 Å². The molecular weight excluding hydrogens is 304 g/mol. The lowest BCUT2D eigenvalue weighted by atomic mass is 10.1. The van der Waals surface area contributed by atoms with Crippen molar-refractivity contribution in [2.45, 2.75) is 13.0 Å². The van der Waals surface area contributed by atoms with Crippen molar-refractivity contribution >= 4 is 28.5 Å². The second kappa shape index (κ2) is 5.45. The number of carbonyl (C=O) groups is 1. The molecule has 3 aromatic rings. The number of allylic oxidation sites excluding steroid dienone is 1. The Balaban J connectivity index is 1.92. The Morgan fingerprint density at radius 2 is 1.96 bits per heavy atom. The van der Waals surface area contributed by atoms with E-state index in [1.807, 2.05) is 36.4 Å². The predicted molar refractivity (Wildman–Crippen MR) is 91.9 cm³/mol. The molecule has 0 amide bonds. The zero-order valence-corrected chi connectivity index (χ0v) is 12.8. The minimum atomic E-state index is -1.03. The second-order valence-corrected chi connectivity index (χ2v) is 5.76. The van der Waals surface area contributed by atoms with Crippen LogP contribution in [-0.2, 0) is 6.54 Å². The summed E-state index contributed by atoms with van der Waals surface area (Å²) in [5.41, 5.74) is 2.47. The number of hydrogen-bond donors (Lipinski definition) is 1. The van der Waals surface area contributed by atoms with E-state index in [0.717, 1.165) is 17.6 Å². The fraction of sp³-hybridized carbons (Fsp3) is 0.105. The average molecular weight is 318 g/mol. The number of hydrogen-bond acceptors (Lipinski definition) is 3. The van der Waals surface area contributed by atoms with Crippen LogP contribution < -0.4 is 5.56 Å². The molecule has 0 spiro atoms. The standard InChI is InChI=1S/C19H14N2O3/c22-18-15-7-6-14(19(23)24)11-16(15)20-17-13(8-9-21(17)18)10-12-4-2-1-3-5-12/h1-7,10-11H,8-9H2,(H,23,24). The van der Waals surface area contributed by atoms with Crippen LogP contribution >= 0.6 is 0 Å². The lowest BCUT2D eigenvalue weighted by Gasteiger charge is -2.06. The van der Waals surface area contributed by atoms with E-state index < -0.39 is 5.97 Å². The van der Waals surface area contributed by atoms with Crippen molar-refractivity contribution in [3.05, 3.63) is 75.8 Å². The van der Waals surface area contributed by atoms with Gasteiger partial charge in [-0.1, -0.05) is 30.3 Å². The van der Waals surface area contributed by atoms with Crippen LogP contribution in [0.4, 0.5) is 0 Å². The van der Waals surface area contributed by atoms with Crippen LogP contribution in [0.3, 0.4) is 0 Å². The van der Waals surface area contributed by atoms with E-state index in [1.165, 1.54) is 12.1 Å². The number of aromatic carboxylic acids is 1. The first-order chi connectivity index (χ1) is 11.6. The summed E-state index contributed by atoms with van der Waals surface area (Å²) < 4.78 is 1.66. The van der Waals surface area contributed by atoms with Gasteiger partial charge in [0, 0.05) is 6.54 Å². The van der Waals surface area contributed by atoms with E-state index in [9.17, 15) is 9.59 Å². The SMILES string of the molecule is O=C(O)c1ccc2c(=O)n3c(nc2c1)C(=Cc1ccccc1)CC3. The molecule has 5 nitrogen and oxygen atoms in total. The molecule has 0 aliphatic carbocycles. The predicted octanol–water partition coefficient (Wildman–Crippen LogP) is 3.04. The minimum Gasteiger partial charge on any atom is -0.478 e. The fourth-order valence-electron chi connectivity index (χ4n) is 3.04. The maximum atomic E-state index is 12.6. The van der Waals surface area contributed by atoms with Gasteiger partial charge in [-0.15, -0.1) is 0 Å². The van der Waals surface area contributed by atoms with Gasteiger partial charge in [0.15, 0.2) is 0 Å². The molecule has 0 bridgehead atoms. The molecule has 4 rings (SSSR count). The Bertz CT molecular complexity index is 1050. The van der Waals surface area contributed by atoms with Crippen LogP contribution in [0, 0.1) is 0 Å². The summed E-state index contributed by atoms with van der Waals surface area (Å²) in [5.74, 6) is -0.404. The molecule has 0 radical (unpaired) electrons. The second-order valence-electron chi connectivity index (χ2n) is 5.76. The van der Waals surface area contributed by atoms with E-state index in [1.54, 1.807) is 10.6 Å². The Morgan fingerprint density at radius 1 is 1.17 bits per heavy atom. The maximum Gasteiger partial charge on any atom is 0.335 e. The highest BCUT2D eigenvalue weighted by atomic mass is 16.4. The number of fused-ring (bicyclic) bond motifs is 2. The van der Waals surface area contributed by atoms with E-state index in [2.05, 4.69) is 4.98 Å². The number of aromatic nitrogens is 2. The third kappa shape index (κ3) is 2.31. The summed E-state index contributed by atoms with van der Waals surface area (Å²) in [6.45, 7) is 0.594. The molecule has 24 heavy (non-hydrogen) atoms. The topological polar surface area (TPSA) is 72.2 Å². The van der Waals surface area contributed by atoms with Gasteiger partial charge in [0.05, 0.1) is 16.5 Å². The zero-order chi connectivity index (χ0) is 16.7. The molecular formula is C19H14N2O3. The van der Waals surface area contributed by atoms with Gasteiger partial charge in [-0.2, -0.15) is 0 Å². The first kappa shape index (κ1) is 14.4. The van der Waals surface area contributed by atoms with Crippen LogP contribution in [0.5, 0.6) is 0 Å². The molecule has 5 heteroatoms. The molecule has 118 valence electrons. The zero-order valence-electron chi connectivity index (χ0n) is 12.8. The van der Waals surface area contributed by atoms with E-state index in [4.69, 9.17) is 5.11 Å². The van der Waals surface area contributed by atoms with Gasteiger partial charge in [0.2, 0.25) is 0 Å². The lowest BCUT2D eigenvalue weighted by Crippen LogP contribution is -2.20. The minimum absolute atomic E-state index is 0.122. The third-order valence-electron chi connectivity index (χ3n) is 4.23. The van der Waals surface area contributed by atoms with Crippen LogP contribution in [0.15, 0.2) is 53.3 Å². The van der Waals surface area contributed by atoms with Crippen molar-refractivity contribution in [2.75, 3.05) is 0 Å². The van der Waals surface area contributed by atoms with Crippen LogP contribution in [-0.4, -0.2) is 20.6 Å². The van der Waals surface area contributed by atoms with Crippen molar-refractivity contribution in [3.8, 4) is 0 Å². The first-order valence-electron chi connectivity index (χ1n) is 7.67. The van der Waals surface area contributed by atoms with Crippen molar-refractivity contribution in [1.29, 1.82) is 0 Å². The average Bonchev–Trinajstić information content (AvgIpc) is 2.98. The summed E-state index contributed by atoms with van der Waals surface area (Å²) in [7, 11) is 0. The van der Waals surface area contributed by atoms with Crippen LogP contribution in [0.25, 0.3) is 22.6 Å².